The van der Waals surface area contributed by atoms with Gasteiger partial charge in [-0.3, -0.25) is 9.89 Å². The zero-order valence-electron chi connectivity index (χ0n) is 17.5. The van der Waals surface area contributed by atoms with Crippen molar-refractivity contribution >= 4 is 29.9 Å². The number of aliphatic imine (C=N–C) groups is 1. The number of hydrogen-bond acceptors (Lipinski definition) is 3. The van der Waals surface area contributed by atoms with Crippen molar-refractivity contribution in [3.63, 3.8) is 0 Å². The van der Waals surface area contributed by atoms with Gasteiger partial charge in [-0.2, -0.15) is 0 Å². The Morgan fingerprint density at radius 3 is 2.62 bits per heavy atom. The van der Waals surface area contributed by atoms with Crippen molar-refractivity contribution in [2.75, 3.05) is 46.3 Å². The van der Waals surface area contributed by atoms with E-state index in [0.29, 0.717) is 6.04 Å². The summed E-state index contributed by atoms with van der Waals surface area (Å²) >= 11 is 0. The van der Waals surface area contributed by atoms with E-state index in [4.69, 9.17) is 0 Å². The Morgan fingerprint density at radius 1 is 1.12 bits per heavy atom. The van der Waals surface area contributed by atoms with Gasteiger partial charge in [-0.1, -0.05) is 13.3 Å². The van der Waals surface area contributed by atoms with Crippen molar-refractivity contribution < 1.29 is 0 Å². The molecule has 26 heavy (non-hydrogen) atoms. The molecule has 6 heteroatoms. The Kier molecular flexibility index (Phi) is 12.1. The van der Waals surface area contributed by atoms with Gasteiger partial charge in [0.1, 0.15) is 0 Å². The number of nitrogens with one attached hydrogen (secondary N) is 2. The van der Waals surface area contributed by atoms with E-state index in [1.54, 1.807) is 0 Å². The average Bonchev–Trinajstić information content (AvgIpc) is 2.65. The first-order valence-electron chi connectivity index (χ1n) is 10.6. The van der Waals surface area contributed by atoms with Gasteiger partial charge in [0, 0.05) is 45.3 Å². The minimum atomic E-state index is 0. The van der Waals surface area contributed by atoms with Crippen LogP contribution in [0, 0.1) is 5.92 Å². The first kappa shape index (κ1) is 24.0. The van der Waals surface area contributed by atoms with Crippen molar-refractivity contribution in [2.45, 2.75) is 71.4 Å². The molecular weight excluding hydrogens is 437 g/mol. The number of hydrogen-bond donors (Lipinski definition) is 2. The standard InChI is InChI=1S/C20H41N5.HI/c1-5-19-10-6-7-12-24(19)14-11-22-20(21-4)23-15-18-9-8-13-25(16-18)17(2)3;/h17-19H,5-16H2,1-4H3,(H2,21,22,23);1H. The molecule has 2 N–H and O–H groups in total. The zero-order chi connectivity index (χ0) is 18.1. The van der Waals surface area contributed by atoms with Gasteiger partial charge in [-0.05, 0) is 65.0 Å². The van der Waals surface area contributed by atoms with Crippen molar-refractivity contribution in [2.24, 2.45) is 10.9 Å². The van der Waals surface area contributed by atoms with E-state index >= 15 is 0 Å². The maximum atomic E-state index is 4.41. The van der Waals surface area contributed by atoms with Crippen LogP contribution < -0.4 is 10.6 Å². The Bertz CT molecular complexity index is 402. The fraction of sp³-hybridized carbons (Fsp3) is 0.950. The minimum absolute atomic E-state index is 0. The predicted octanol–water partition coefficient (Wildman–Crippen LogP) is 3.15. The molecule has 2 saturated heterocycles. The van der Waals surface area contributed by atoms with Crippen LogP contribution in [0.15, 0.2) is 4.99 Å². The number of likely N-dealkylation sites (tertiary alicyclic amines) is 2. The van der Waals surface area contributed by atoms with Gasteiger partial charge in [-0.15, -0.1) is 24.0 Å². The third-order valence-corrected chi connectivity index (χ3v) is 5.97. The SMILES string of the molecule is CCC1CCCCN1CCNC(=NC)NCC1CCCN(C(C)C)C1.I. The number of piperidine rings is 2. The fourth-order valence-corrected chi connectivity index (χ4v) is 4.33. The third-order valence-electron chi connectivity index (χ3n) is 5.97. The van der Waals surface area contributed by atoms with Crippen LogP contribution in [0.5, 0.6) is 0 Å². The van der Waals surface area contributed by atoms with Crippen LogP contribution in [0.25, 0.3) is 0 Å². The van der Waals surface area contributed by atoms with E-state index in [-0.39, 0.29) is 24.0 Å². The Balaban J connectivity index is 0.00000338. The molecule has 154 valence electrons. The Labute approximate surface area is 178 Å². The molecule has 2 aliphatic heterocycles. The molecule has 2 atom stereocenters. The summed E-state index contributed by atoms with van der Waals surface area (Å²) < 4.78 is 0. The van der Waals surface area contributed by atoms with Crippen molar-refractivity contribution in [1.82, 2.24) is 20.4 Å². The Hall–Kier alpha value is -0.0800. The number of rotatable bonds is 7. The monoisotopic (exact) mass is 479 g/mol. The summed E-state index contributed by atoms with van der Waals surface area (Å²) in [5.74, 6) is 1.70. The maximum Gasteiger partial charge on any atom is 0.191 e. The van der Waals surface area contributed by atoms with Crippen molar-refractivity contribution in [3.05, 3.63) is 0 Å². The summed E-state index contributed by atoms with van der Waals surface area (Å²) in [5, 5.41) is 7.07. The molecule has 2 unspecified atom stereocenters. The molecule has 0 aromatic heterocycles. The highest BCUT2D eigenvalue weighted by Crippen LogP contribution is 2.19. The average molecular weight is 479 g/mol. The van der Waals surface area contributed by atoms with E-state index in [2.05, 4.69) is 46.2 Å². The van der Waals surface area contributed by atoms with Crippen LogP contribution in [0.1, 0.15) is 59.3 Å². The molecule has 2 heterocycles. The summed E-state index contributed by atoms with van der Waals surface area (Å²) in [7, 11) is 1.88. The molecule has 0 radical (unpaired) electrons. The second kappa shape index (κ2) is 13.2. The van der Waals surface area contributed by atoms with Gasteiger partial charge in [0.25, 0.3) is 0 Å². The molecule has 2 fully saturated rings. The minimum Gasteiger partial charge on any atom is -0.356 e. The second-order valence-electron chi connectivity index (χ2n) is 8.07. The van der Waals surface area contributed by atoms with Crippen LogP contribution in [-0.4, -0.2) is 74.2 Å². The van der Waals surface area contributed by atoms with E-state index in [1.165, 1.54) is 58.2 Å². The summed E-state index contributed by atoms with van der Waals surface area (Å²) in [4.78, 5) is 9.67. The highest BCUT2D eigenvalue weighted by Gasteiger charge is 2.22. The highest BCUT2D eigenvalue weighted by atomic mass is 127. The van der Waals surface area contributed by atoms with Gasteiger partial charge in [0.15, 0.2) is 5.96 Å². The van der Waals surface area contributed by atoms with E-state index in [1.807, 2.05) is 7.05 Å². The number of guanidine groups is 1. The lowest BCUT2D eigenvalue weighted by Gasteiger charge is -2.36. The topological polar surface area (TPSA) is 42.9 Å². The molecule has 0 aliphatic carbocycles. The molecule has 0 spiro atoms. The molecule has 0 bridgehead atoms. The van der Waals surface area contributed by atoms with Crippen LogP contribution in [0.3, 0.4) is 0 Å². The van der Waals surface area contributed by atoms with E-state index in [0.717, 1.165) is 37.6 Å². The summed E-state index contributed by atoms with van der Waals surface area (Å²) in [5.41, 5.74) is 0. The second-order valence-corrected chi connectivity index (χ2v) is 8.07. The third kappa shape index (κ3) is 7.89. The van der Waals surface area contributed by atoms with Crippen molar-refractivity contribution in [3.8, 4) is 0 Å². The fourth-order valence-electron chi connectivity index (χ4n) is 4.33. The van der Waals surface area contributed by atoms with E-state index in [9.17, 15) is 0 Å². The molecule has 0 saturated carbocycles. The van der Waals surface area contributed by atoms with Gasteiger partial charge >= 0.3 is 0 Å². The van der Waals surface area contributed by atoms with E-state index < -0.39 is 0 Å². The number of nitrogens with zero attached hydrogens (tertiary/aromatic N) is 3. The normalized spacial score (nSPS) is 25.8. The first-order chi connectivity index (χ1) is 12.1. The zero-order valence-corrected chi connectivity index (χ0v) is 19.8. The molecule has 2 aliphatic rings. The number of halogens is 1. The lowest BCUT2D eigenvalue weighted by Crippen LogP contribution is -2.48. The lowest BCUT2D eigenvalue weighted by atomic mass is 9.97. The maximum absolute atomic E-state index is 4.41. The molecular formula is C20H42IN5. The summed E-state index contributed by atoms with van der Waals surface area (Å²) in [6, 6.07) is 1.45. The van der Waals surface area contributed by atoms with Crippen LogP contribution in [-0.2, 0) is 0 Å². The van der Waals surface area contributed by atoms with Crippen molar-refractivity contribution in [1.29, 1.82) is 0 Å². The van der Waals surface area contributed by atoms with Crippen LogP contribution in [0.4, 0.5) is 0 Å². The summed E-state index contributed by atoms with van der Waals surface area (Å²) in [6.45, 7) is 13.8. The molecule has 5 nitrogen and oxygen atoms in total. The van der Waals surface area contributed by atoms with Gasteiger partial charge in [0.2, 0.25) is 0 Å². The highest BCUT2D eigenvalue weighted by molar-refractivity contribution is 14.0. The molecule has 0 amide bonds. The molecule has 0 aromatic rings. The van der Waals surface area contributed by atoms with Gasteiger partial charge in [0.05, 0.1) is 0 Å². The first-order valence-corrected chi connectivity index (χ1v) is 10.6. The smallest absolute Gasteiger partial charge is 0.191 e. The predicted molar refractivity (Wildman–Crippen MR) is 124 cm³/mol. The summed E-state index contributed by atoms with van der Waals surface area (Å²) in [6.07, 6.45) is 8.07. The lowest BCUT2D eigenvalue weighted by molar-refractivity contribution is 0.140. The Morgan fingerprint density at radius 2 is 1.92 bits per heavy atom. The van der Waals surface area contributed by atoms with Crippen LogP contribution >= 0.6 is 24.0 Å². The van der Waals surface area contributed by atoms with Crippen LogP contribution in [0.2, 0.25) is 0 Å². The van der Waals surface area contributed by atoms with Gasteiger partial charge < -0.3 is 15.5 Å². The molecule has 0 aromatic carbocycles. The molecule has 2 rings (SSSR count). The quantitative estimate of drug-likeness (QED) is 0.335. The van der Waals surface area contributed by atoms with Gasteiger partial charge in [-0.25, -0.2) is 0 Å². The largest absolute Gasteiger partial charge is 0.356 e.